The molecule has 150 valence electrons. The van der Waals surface area contributed by atoms with Crippen molar-refractivity contribution in [2.75, 3.05) is 18.1 Å². The molecule has 3 rings (SSSR count). The van der Waals surface area contributed by atoms with E-state index < -0.39 is 15.7 Å². The number of fused-ring (bicyclic) bond motifs is 1. The van der Waals surface area contributed by atoms with Crippen molar-refractivity contribution in [3.63, 3.8) is 0 Å². The predicted molar refractivity (Wildman–Crippen MR) is 111 cm³/mol. The quantitative estimate of drug-likeness (QED) is 0.751. The van der Waals surface area contributed by atoms with Gasteiger partial charge in [0.15, 0.2) is 9.84 Å². The zero-order valence-corrected chi connectivity index (χ0v) is 17.6. The van der Waals surface area contributed by atoms with Crippen LogP contribution in [0.5, 0.6) is 0 Å². The summed E-state index contributed by atoms with van der Waals surface area (Å²) < 4.78 is 24.7. The number of carbonyl (C=O) groups is 2. The highest BCUT2D eigenvalue weighted by Gasteiger charge is 2.28. The first-order chi connectivity index (χ1) is 13.3. The summed E-state index contributed by atoms with van der Waals surface area (Å²) in [5.74, 6) is -0.362. The third-order valence-corrected chi connectivity index (χ3v) is 7.82. The van der Waals surface area contributed by atoms with E-state index in [2.05, 4.69) is 17.6 Å². The molecule has 6 nitrogen and oxygen atoms in total. The molecule has 28 heavy (non-hydrogen) atoms. The molecule has 2 aromatic rings. The number of benzene rings is 1. The summed E-state index contributed by atoms with van der Waals surface area (Å²) in [4.78, 5) is 26.1. The van der Waals surface area contributed by atoms with Crippen LogP contribution in [0.25, 0.3) is 0 Å². The number of hydrogen-bond donors (Lipinski definition) is 2. The van der Waals surface area contributed by atoms with Crippen molar-refractivity contribution in [1.29, 1.82) is 0 Å². The van der Waals surface area contributed by atoms with Crippen LogP contribution in [0.1, 0.15) is 40.6 Å². The Morgan fingerprint density at radius 1 is 1.21 bits per heavy atom. The van der Waals surface area contributed by atoms with Gasteiger partial charge in [0.1, 0.15) is 5.00 Å². The predicted octanol–water partition coefficient (Wildman–Crippen LogP) is 3.04. The first-order valence-corrected chi connectivity index (χ1v) is 11.7. The summed E-state index contributed by atoms with van der Waals surface area (Å²) in [6.45, 7) is 2.18. The van der Waals surface area contributed by atoms with E-state index >= 15 is 0 Å². The van der Waals surface area contributed by atoms with E-state index in [4.69, 9.17) is 0 Å². The number of carbonyl (C=O) groups excluding carboxylic acids is 2. The first-order valence-electron chi connectivity index (χ1n) is 9.26. The first kappa shape index (κ1) is 20.5. The molecular weight excluding hydrogens is 396 g/mol. The molecule has 2 N–H and O–H groups in total. The van der Waals surface area contributed by atoms with Gasteiger partial charge in [-0.2, -0.15) is 0 Å². The monoisotopic (exact) mass is 420 g/mol. The van der Waals surface area contributed by atoms with Crippen LogP contribution in [0.4, 0.5) is 5.00 Å². The van der Waals surface area contributed by atoms with E-state index in [1.807, 2.05) is 0 Å². The maximum absolute atomic E-state index is 12.4. The van der Waals surface area contributed by atoms with Gasteiger partial charge in [0, 0.05) is 18.3 Å². The molecule has 1 aromatic heterocycles. The highest BCUT2D eigenvalue weighted by Crippen LogP contribution is 2.39. The number of anilines is 1. The van der Waals surface area contributed by atoms with Crippen molar-refractivity contribution in [2.24, 2.45) is 5.92 Å². The molecule has 1 heterocycles. The maximum atomic E-state index is 12.4. The van der Waals surface area contributed by atoms with E-state index in [-0.39, 0.29) is 23.0 Å². The lowest BCUT2D eigenvalue weighted by atomic mass is 9.88. The standard InChI is InChI=1S/C20H24N2O4S2/c1-13-8-9-15-16(12-13)27-20(18(15)19(24)21-2)22-17(23)10-11-28(25,26)14-6-4-3-5-7-14/h3-7,13H,8-12H2,1-2H3,(H,21,24)(H,22,23)/t13-/m1/s1. The smallest absolute Gasteiger partial charge is 0.254 e. The number of hydrogen-bond acceptors (Lipinski definition) is 5. The van der Waals surface area contributed by atoms with E-state index in [1.54, 1.807) is 25.2 Å². The number of thiophene rings is 1. The summed E-state index contributed by atoms with van der Waals surface area (Å²) in [6.07, 6.45) is 2.55. The minimum Gasteiger partial charge on any atom is -0.355 e. The van der Waals surface area contributed by atoms with Crippen LogP contribution in [0.15, 0.2) is 35.2 Å². The Morgan fingerprint density at radius 3 is 2.61 bits per heavy atom. The molecule has 0 saturated carbocycles. The summed E-state index contributed by atoms with van der Waals surface area (Å²) in [7, 11) is -1.96. The Kier molecular flexibility index (Phi) is 6.20. The summed E-state index contributed by atoms with van der Waals surface area (Å²) in [5.41, 5.74) is 1.53. The molecule has 0 radical (unpaired) electrons. The summed E-state index contributed by atoms with van der Waals surface area (Å²) in [5, 5.41) is 5.93. The van der Waals surface area contributed by atoms with Crippen LogP contribution in [0.2, 0.25) is 0 Å². The summed E-state index contributed by atoms with van der Waals surface area (Å²) in [6, 6.07) is 8.09. The second-order valence-electron chi connectivity index (χ2n) is 7.07. The fraction of sp³-hybridized carbons (Fsp3) is 0.400. The van der Waals surface area contributed by atoms with Gasteiger partial charge in [-0.3, -0.25) is 9.59 Å². The van der Waals surface area contributed by atoms with Gasteiger partial charge in [-0.15, -0.1) is 11.3 Å². The van der Waals surface area contributed by atoms with Crippen molar-refractivity contribution >= 4 is 38.0 Å². The molecular formula is C20H24N2O4S2. The van der Waals surface area contributed by atoms with Crippen molar-refractivity contribution in [3.8, 4) is 0 Å². The Balaban J connectivity index is 1.74. The molecule has 0 unspecified atom stereocenters. The summed E-state index contributed by atoms with van der Waals surface area (Å²) >= 11 is 1.43. The number of amides is 2. The van der Waals surface area contributed by atoms with Gasteiger partial charge in [0.05, 0.1) is 16.2 Å². The third kappa shape index (κ3) is 4.44. The number of sulfone groups is 1. The number of rotatable bonds is 6. The van der Waals surface area contributed by atoms with Gasteiger partial charge < -0.3 is 10.6 Å². The zero-order valence-electron chi connectivity index (χ0n) is 15.9. The number of nitrogens with one attached hydrogen (secondary N) is 2. The van der Waals surface area contributed by atoms with Crippen molar-refractivity contribution < 1.29 is 18.0 Å². The van der Waals surface area contributed by atoms with Crippen LogP contribution in [-0.2, 0) is 27.5 Å². The van der Waals surface area contributed by atoms with Gasteiger partial charge in [-0.05, 0) is 42.9 Å². The Hall–Kier alpha value is -2.19. The Bertz CT molecular complexity index is 981. The molecule has 1 aliphatic rings. The van der Waals surface area contributed by atoms with Gasteiger partial charge in [-0.25, -0.2) is 8.42 Å². The largest absolute Gasteiger partial charge is 0.355 e. The molecule has 0 fully saturated rings. The fourth-order valence-corrected chi connectivity index (χ4v) is 6.05. The third-order valence-electron chi connectivity index (χ3n) is 4.92. The van der Waals surface area contributed by atoms with Crippen LogP contribution in [0, 0.1) is 5.92 Å². The van der Waals surface area contributed by atoms with Gasteiger partial charge >= 0.3 is 0 Å². The molecule has 1 aliphatic carbocycles. The van der Waals surface area contributed by atoms with Crippen LogP contribution in [-0.4, -0.2) is 33.0 Å². The lowest BCUT2D eigenvalue weighted by Gasteiger charge is -2.18. The molecule has 2 amide bonds. The van der Waals surface area contributed by atoms with Gasteiger partial charge in [0.25, 0.3) is 5.91 Å². The van der Waals surface area contributed by atoms with Crippen LogP contribution < -0.4 is 10.6 Å². The Morgan fingerprint density at radius 2 is 1.93 bits per heavy atom. The average Bonchev–Trinajstić information content (AvgIpc) is 3.03. The minimum atomic E-state index is -3.53. The van der Waals surface area contributed by atoms with Crippen LogP contribution in [0.3, 0.4) is 0 Å². The molecule has 1 aromatic carbocycles. The SMILES string of the molecule is CNC(=O)c1c(NC(=O)CCS(=O)(=O)c2ccccc2)sc2c1CC[C@@H](C)C2. The van der Waals surface area contributed by atoms with Crippen LogP contribution >= 0.6 is 11.3 Å². The maximum Gasteiger partial charge on any atom is 0.254 e. The normalized spacial score (nSPS) is 16.3. The second kappa shape index (κ2) is 8.45. The fourth-order valence-electron chi connectivity index (χ4n) is 3.37. The van der Waals surface area contributed by atoms with E-state index in [0.717, 1.165) is 29.7 Å². The lowest BCUT2D eigenvalue weighted by Crippen LogP contribution is -2.23. The Labute approximate surface area is 169 Å². The minimum absolute atomic E-state index is 0.163. The molecule has 1 atom stereocenters. The van der Waals surface area contributed by atoms with Crippen molar-refractivity contribution in [1.82, 2.24) is 5.32 Å². The molecule has 0 aliphatic heterocycles. The highest BCUT2D eigenvalue weighted by atomic mass is 32.2. The second-order valence-corrected chi connectivity index (χ2v) is 10.3. The average molecular weight is 421 g/mol. The molecule has 0 bridgehead atoms. The van der Waals surface area contributed by atoms with Gasteiger partial charge in [0.2, 0.25) is 5.91 Å². The molecule has 0 spiro atoms. The molecule has 8 heteroatoms. The molecule has 0 saturated heterocycles. The van der Waals surface area contributed by atoms with Crippen molar-refractivity contribution in [2.45, 2.75) is 37.5 Å². The van der Waals surface area contributed by atoms with Crippen molar-refractivity contribution in [3.05, 3.63) is 46.3 Å². The van der Waals surface area contributed by atoms with E-state index in [1.165, 1.54) is 23.5 Å². The topological polar surface area (TPSA) is 92.3 Å². The van der Waals surface area contributed by atoms with E-state index in [0.29, 0.717) is 16.5 Å². The van der Waals surface area contributed by atoms with Gasteiger partial charge in [-0.1, -0.05) is 25.1 Å². The zero-order chi connectivity index (χ0) is 20.3. The lowest BCUT2D eigenvalue weighted by molar-refractivity contribution is -0.115. The van der Waals surface area contributed by atoms with E-state index in [9.17, 15) is 18.0 Å². The highest BCUT2D eigenvalue weighted by molar-refractivity contribution is 7.91.